The van der Waals surface area contributed by atoms with Gasteiger partial charge in [-0.25, -0.2) is 9.37 Å². The van der Waals surface area contributed by atoms with Crippen molar-refractivity contribution in [3.8, 4) is 11.4 Å². The molecule has 78 valence electrons. The molecule has 0 aliphatic carbocycles. The second-order valence-corrected chi connectivity index (χ2v) is 4.14. The van der Waals surface area contributed by atoms with Gasteiger partial charge in [-0.2, -0.15) is 0 Å². The van der Waals surface area contributed by atoms with Gasteiger partial charge < -0.3 is 4.98 Å². The first kappa shape index (κ1) is 10.6. The van der Waals surface area contributed by atoms with Gasteiger partial charge in [0.15, 0.2) is 0 Å². The summed E-state index contributed by atoms with van der Waals surface area (Å²) in [7, 11) is 0. The maximum Gasteiger partial charge on any atom is 0.137 e. The quantitative estimate of drug-likeness (QED) is 0.839. The highest BCUT2D eigenvalue weighted by Gasteiger charge is 2.05. The molecule has 2 aromatic rings. The van der Waals surface area contributed by atoms with Gasteiger partial charge in [-0.3, -0.25) is 0 Å². The van der Waals surface area contributed by atoms with Crippen molar-refractivity contribution in [1.82, 2.24) is 9.97 Å². The first-order valence-electron chi connectivity index (χ1n) is 4.26. The van der Waals surface area contributed by atoms with E-state index in [1.807, 2.05) is 0 Å². The Kier molecular flexibility index (Phi) is 3.07. The second kappa shape index (κ2) is 4.33. The number of alkyl halides is 1. The highest BCUT2D eigenvalue weighted by molar-refractivity contribution is 9.10. The van der Waals surface area contributed by atoms with E-state index in [1.165, 1.54) is 6.07 Å². The number of nitrogens with one attached hydrogen (secondary N) is 1. The van der Waals surface area contributed by atoms with Crippen molar-refractivity contribution in [3.63, 3.8) is 0 Å². The van der Waals surface area contributed by atoms with Crippen molar-refractivity contribution < 1.29 is 4.39 Å². The molecule has 0 spiro atoms. The van der Waals surface area contributed by atoms with Gasteiger partial charge >= 0.3 is 0 Å². The summed E-state index contributed by atoms with van der Waals surface area (Å²) in [6.45, 7) is 0. The van der Waals surface area contributed by atoms with Crippen LogP contribution in [0.25, 0.3) is 11.4 Å². The molecular formula is C10H7BrClFN2. The minimum absolute atomic E-state index is 0.289. The SMILES string of the molecule is Fc1ccc(-c2ncc(CCl)[nH]2)cc1Br. The minimum Gasteiger partial charge on any atom is -0.341 e. The summed E-state index contributed by atoms with van der Waals surface area (Å²) in [5, 5.41) is 0. The van der Waals surface area contributed by atoms with Gasteiger partial charge in [0.25, 0.3) is 0 Å². The van der Waals surface area contributed by atoms with Crippen LogP contribution in [0.15, 0.2) is 28.9 Å². The number of hydrogen-bond donors (Lipinski definition) is 1. The van der Waals surface area contributed by atoms with E-state index in [0.717, 1.165) is 11.3 Å². The van der Waals surface area contributed by atoms with E-state index >= 15 is 0 Å². The number of nitrogens with zero attached hydrogens (tertiary/aromatic N) is 1. The van der Waals surface area contributed by atoms with Crippen LogP contribution >= 0.6 is 27.5 Å². The Hall–Kier alpha value is -0.870. The van der Waals surface area contributed by atoms with E-state index in [1.54, 1.807) is 18.3 Å². The molecule has 0 bridgehead atoms. The molecule has 0 radical (unpaired) electrons. The van der Waals surface area contributed by atoms with Gasteiger partial charge in [-0.05, 0) is 34.1 Å². The summed E-state index contributed by atoms with van der Waals surface area (Å²) in [5.74, 6) is 0.782. The minimum atomic E-state index is -0.289. The summed E-state index contributed by atoms with van der Waals surface area (Å²) in [6.07, 6.45) is 1.67. The van der Waals surface area contributed by atoms with Crippen LogP contribution < -0.4 is 0 Å². The number of aromatic amines is 1. The van der Waals surface area contributed by atoms with E-state index in [2.05, 4.69) is 25.9 Å². The number of benzene rings is 1. The fraction of sp³-hybridized carbons (Fsp3) is 0.100. The molecule has 0 fully saturated rings. The Labute approximate surface area is 99.6 Å². The molecule has 0 unspecified atom stereocenters. The number of imidazole rings is 1. The lowest BCUT2D eigenvalue weighted by Gasteiger charge is -1.98. The van der Waals surface area contributed by atoms with Crippen LogP contribution in [-0.2, 0) is 5.88 Å². The van der Waals surface area contributed by atoms with E-state index in [4.69, 9.17) is 11.6 Å². The zero-order valence-electron chi connectivity index (χ0n) is 7.60. The number of halogens is 3. The van der Waals surface area contributed by atoms with Crippen molar-refractivity contribution in [2.75, 3.05) is 0 Å². The van der Waals surface area contributed by atoms with Crippen LogP contribution in [0, 0.1) is 5.82 Å². The zero-order chi connectivity index (χ0) is 10.8. The molecule has 1 N–H and O–H groups in total. The predicted octanol–water partition coefficient (Wildman–Crippen LogP) is 3.72. The van der Waals surface area contributed by atoms with Crippen LogP contribution in [0.2, 0.25) is 0 Å². The maximum atomic E-state index is 13.0. The number of hydrogen-bond acceptors (Lipinski definition) is 1. The third-order valence-electron chi connectivity index (χ3n) is 1.97. The van der Waals surface area contributed by atoms with Gasteiger partial charge in [-0.15, -0.1) is 11.6 Å². The molecule has 2 rings (SSSR count). The standard InChI is InChI=1S/C10H7BrClFN2/c11-8-3-6(1-2-9(8)13)10-14-5-7(4-12)15-10/h1-3,5H,4H2,(H,14,15). The molecule has 5 heteroatoms. The monoisotopic (exact) mass is 288 g/mol. The van der Waals surface area contributed by atoms with Crippen LogP contribution in [0.1, 0.15) is 5.69 Å². The lowest BCUT2D eigenvalue weighted by Crippen LogP contribution is -1.84. The highest BCUT2D eigenvalue weighted by Crippen LogP contribution is 2.23. The second-order valence-electron chi connectivity index (χ2n) is 3.02. The Morgan fingerprint density at radius 1 is 1.47 bits per heavy atom. The average molecular weight is 290 g/mol. The van der Waals surface area contributed by atoms with Crippen LogP contribution in [0.5, 0.6) is 0 Å². The van der Waals surface area contributed by atoms with Crippen LogP contribution in [0.3, 0.4) is 0 Å². The Bertz CT molecular complexity index is 484. The first-order chi connectivity index (χ1) is 7.20. The molecule has 1 aromatic heterocycles. The summed E-state index contributed by atoms with van der Waals surface area (Å²) in [4.78, 5) is 7.18. The van der Waals surface area contributed by atoms with Gasteiger partial charge in [0.2, 0.25) is 0 Å². The molecule has 1 aromatic carbocycles. The van der Waals surface area contributed by atoms with E-state index < -0.39 is 0 Å². The number of rotatable bonds is 2. The van der Waals surface area contributed by atoms with Crippen molar-refractivity contribution >= 4 is 27.5 Å². The van der Waals surface area contributed by atoms with Crippen LogP contribution in [-0.4, -0.2) is 9.97 Å². The molecule has 1 heterocycles. The molecule has 0 amide bonds. The lowest BCUT2D eigenvalue weighted by molar-refractivity contribution is 0.621. The predicted molar refractivity (Wildman–Crippen MR) is 61.2 cm³/mol. The molecule has 15 heavy (non-hydrogen) atoms. The van der Waals surface area contributed by atoms with E-state index in [-0.39, 0.29) is 5.82 Å². The van der Waals surface area contributed by atoms with Gasteiger partial charge in [0.1, 0.15) is 11.6 Å². The third kappa shape index (κ3) is 2.21. The van der Waals surface area contributed by atoms with Gasteiger partial charge in [0.05, 0.1) is 10.4 Å². The normalized spacial score (nSPS) is 10.6. The van der Waals surface area contributed by atoms with Crippen molar-refractivity contribution in [2.45, 2.75) is 5.88 Å². The van der Waals surface area contributed by atoms with Crippen LogP contribution in [0.4, 0.5) is 4.39 Å². The van der Waals surface area contributed by atoms with E-state index in [0.29, 0.717) is 16.2 Å². The van der Waals surface area contributed by atoms with Crippen molar-refractivity contribution in [2.24, 2.45) is 0 Å². The largest absolute Gasteiger partial charge is 0.341 e. The summed E-state index contributed by atoms with van der Waals surface area (Å²) in [6, 6.07) is 4.73. The smallest absolute Gasteiger partial charge is 0.137 e. The molecule has 0 aliphatic heterocycles. The lowest BCUT2D eigenvalue weighted by atomic mass is 10.2. The molecule has 0 saturated heterocycles. The average Bonchev–Trinajstić information content (AvgIpc) is 2.70. The fourth-order valence-corrected chi connectivity index (χ4v) is 1.73. The molecule has 0 saturated carbocycles. The zero-order valence-corrected chi connectivity index (χ0v) is 9.94. The van der Waals surface area contributed by atoms with Crippen molar-refractivity contribution in [1.29, 1.82) is 0 Å². The summed E-state index contributed by atoms with van der Waals surface area (Å²) in [5.41, 5.74) is 1.66. The summed E-state index contributed by atoms with van der Waals surface area (Å²) >= 11 is 8.77. The topological polar surface area (TPSA) is 28.7 Å². The van der Waals surface area contributed by atoms with Gasteiger partial charge in [-0.1, -0.05) is 0 Å². The van der Waals surface area contributed by atoms with E-state index in [9.17, 15) is 4.39 Å². The number of H-pyrrole nitrogens is 1. The molecule has 0 aliphatic rings. The molecule has 0 atom stereocenters. The maximum absolute atomic E-state index is 13.0. The first-order valence-corrected chi connectivity index (χ1v) is 5.58. The Morgan fingerprint density at radius 3 is 2.87 bits per heavy atom. The Morgan fingerprint density at radius 2 is 2.27 bits per heavy atom. The third-order valence-corrected chi connectivity index (χ3v) is 2.86. The highest BCUT2D eigenvalue weighted by atomic mass is 79.9. The van der Waals surface area contributed by atoms with Gasteiger partial charge in [0, 0.05) is 17.5 Å². The Balaban J connectivity index is 2.40. The molecule has 2 nitrogen and oxygen atoms in total. The molecular weight excluding hydrogens is 282 g/mol. The van der Waals surface area contributed by atoms with Crippen molar-refractivity contribution in [3.05, 3.63) is 40.4 Å². The number of aromatic nitrogens is 2. The fourth-order valence-electron chi connectivity index (χ4n) is 1.22. The summed E-state index contributed by atoms with van der Waals surface area (Å²) < 4.78 is 13.4.